The van der Waals surface area contributed by atoms with E-state index in [2.05, 4.69) is 0 Å². The van der Waals surface area contributed by atoms with E-state index >= 15 is 0 Å². The highest BCUT2D eigenvalue weighted by molar-refractivity contribution is 5.97. The molecular weight excluding hydrogens is 324 g/mol. The lowest BCUT2D eigenvalue weighted by atomic mass is 10.1. The summed E-state index contributed by atoms with van der Waals surface area (Å²) in [5.41, 5.74) is 1.13. The molecule has 0 spiro atoms. The quantitative estimate of drug-likeness (QED) is 0.717. The van der Waals surface area contributed by atoms with Gasteiger partial charge in [-0.15, -0.1) is 0 Å². The molecule has 0 aliphatic carbocycles. The van der Waals surface area contributed by atoms with Crippen LogP contribution in [-0.4, -0.2) is 43.6 Å². The molecule has 0 saturated heterocycles. The van der Waals surface area contributed by atoms with Gasteiger partial charge < -0.3 is 18.8 Å². The molecule has 7 nitrogen and oxygen atoms in total. The van der Waals surface area contributed by atoms with Gasteiger partial charge in [-0.3, -0.25) is 4.79 Å². The minimum absolute atomic E-state index is 0.0300. The summed E-state index contributed by atoms with van der Waals surface area (Å²) in [4.78, 5) is 26.0. The summed E-state index contributed by atoms with van der Waals surface area (Å²) in [6.45, 7) is 1.95. The Balaban J connectivity index is 2.18. The molecule has 0 N–H and O–H groups in total. The van der Waals surface area contributed by atoms with Crippen molar-refractivity contribution in [2.24, 2.45) is 0 Å². The number of hydrogen-bond donors (Lipinski definition) is 0. The normalized spacial score (nSPS) is 11.8. The van der Waals surface area contributed by atoms with Crippen LogP contribution in [0.5, 0.6) is 0 Å². The Bertz CT molecular complexity index is 805. The van der Waals surface area contributed by atoms with Crippen LogP contribution in [0.4, 0.5) is 0 Å². The fourth-order valence-electron chi connectivity index (χ4n) is 2.45. The molecule has 0 saturated carbocycles. The minimum atomic E-state index is -0.986. The monoisotopic (exact) mass is 344 g/mol. The SMILES string of the molecule is COCc1c(C(=O)O[C@H](C)C(=O)N(C)CCC#N)oc2ccccc12. The first-order chi connectivity index (χ1) is 12.0. The molecule has 0 aliphatic rings. The van der Waals surface area contributed by atoms with Gasteiger partial charge in [0.05, 0.1) is 19.1 Å². The maximum Gasteiger partial charge on any atom is 0.375 e. The van der Waals surface area contributed by atoms with Crippen LogP contribution in [-0.2, 0) is 20.9 Å². The molecular formula is C18H20N2O5. The second kappa shape index (κ2) is 8.31. The van der Waals surface area contributed by atoms with Crippen molar-refractivity contribution in [2.75, 3.05) is 20.7 Å². The van der Waals surface area contributed by atoms with Crippen LogP contribution in [0.1, 0.15) is 29.5 Å². The minimum Gasteiger partial charge on any atom is -0.449 e. The van der Waals surface area contributed by atoms with Gasteiger partial charge in [0.2, 0.25) is 5.76 Å². The fourth-order valence-corrected chi connectivity index (χ4v) is 2.45. The van der Waals surface area contributed by atoms with E-state index in [4.69, 9.17) is 19.2 Å². The molecule has 0 radical (unpaired) electrons. The molecule has 2 aromatic rings. The molecule has 0 fully saturated rings. The first kappa shape index (κ1) is 18.5. The Morgan fingerprint density at radius 2 is 2.08 bits per heavy atom. The van der Waals surface area contributed by atoms with Gasteiger partial charge in [0, 0.05) is 31.7 Å². The number of esters is 1. The Kier molecular flexibility index (Phi) is 6.14. The highest BCUT2D eigenvalue weighted by Crippen LogP contribution is 2.27. The number of carbonyl (C=O) groups is 2. The highest BCUT2D eigenvalue weighted by Gasteiger charge is 2.27. The second-order valence-electron chi connectivity index (χ2n) is 5.55. The van der Waals surface area contributed by atoms with Crippen LogP contribution in [0.25, 0.3) is 11.0 Å². The zero-order valence-electron chi connectivity index (χ0n) is 14.4. The van der Waals surface area contributed by atoms with Crippen LogP contribution in [0, 0.1) is 11.3 Å². The number of hydrogen-bond acceptors (Lipinski definition) is 6. The van der Waals surface area contributed by atoms with Crippen LogP contribution in [0.3, 0.4) is 0 Å². The van der Waals surface area contributed by atoms with Gasteiger partial charge in [0.1, 0.15) is 5.58 Å². The Hall–Kier alpha value is -2.85. The lowest BCUT2D eigenvalue weighted by Gasteiger charge is -2.20. The van der Waals surface area contributed by atoms with Gasteiger partial charge in [-0.05, 0) is 13.0 Å². The molecule has 1 atom stereocenters. The number of nitrogens with zero attached hydrogens (tertiary/aromatic N) is 2. The molecule has 25 heavy (non-hydrogen) atoms. The van der Waals surface area contributed by atoms with E-state index in [0.717, 1.165) is 5.39 Å². The molecule has 0 bridgehead atoms. The van der Waals surface area contributed by atoms with Crippen molar-refractivity contribution in [2.45, 2.75) is 26.1 Å². The average molecular weight is 344 g/mol. The molecule has 2 rings (SSSR count). The van der Waals surface area contributed by atoms with Crippen molar-refractivity contribution >= 4 is 22.8 Å². The predicted octanol–water partition coefficient (Wildman–Crippen LogP) is 2.50. The maximum atomic E-state index is 12.5. The summed E-state index contributed by atoms with van der Waals surface area (Å²) in [5, 5.41) is 9.35. The van der Waals surface area contributed by atoms with Gasteiger partial charge >= 0.3 is 5.97 Å². The standard InChI is InChI=1S/C18H20N2O5/c1-12(17(21)20(2)10-6-9-19)24-18(22)16-14(11-23-3)13-7-4-5-8-15(13)25-16/h4-5,7-8,12H,6,10-11H2,1-3H3/t12-/m1/s1. The van der Waals surface area contributed by atoms with Crippen molar-refractivity contribution in [3.8, 4) is 6.07 Å². The number of nitriles is 1. The molecule has 1 amide bonds. The number of methoxy groups -OCH3 is 1. The number of likely N-dealkylation sites (N-methyl/N-ethyl adjacent to an activating group) is 1. The van der Waals surface area contributed by atoms with Gasteiger partial charge in [-0.2, -0.15) is 5.26 Å². The van der Waals surface area contributed by atoms with E-state index in [1.54, 1.807) is 19.2 Å². The number of benzene rings is 1. The summed E-state index contributed by atoms with van der Waals surface area (Å²) in [7, 11) is 3.08. The van der Waals surface area contributed by atoms with E-state index in [9.17, 15) is 9.59 Å². The number of ether oxygens (including phenoxy) is 2. The predicted molar refractivity (Wildman–Crippen MR) is 89.7 cm³/mol. The van der Waals surface area contributed by atoms with E-state index in [-0.39, 0.29) is 31.2 Å². The van der Waals surface area contributed by atoms with Crippen LogP contribution >= 0.6 is 0 Å². The largest absolute Gasteiger partial charge is 0.449 e. The zero-order valence-corrected chi connectivity index (χ0v) is 14.4. The van der Waals surface area contributed by atoms with Gasteiger partial charge in [0.25, 0.3) is 5.91 Å². The van der Waals surface area contributed by atoms with Crippen molar-refractivity contribution in [3.63, 3.8) is 0 Å². The summed E-state index contributed by atoms with van der Waals surface area (Å²) in [6.07, 6.45) is -0.774. The molecule has 1 aromatic carbocycles. The van der Waals surface area contributed by atoms with E-state index < -0.39 is 12.1 Å². The van der Waals surface area contributed by atoms with Crippen molar-refractivity contribution in [3.05, 3.63) is 35.6 Å². The van der Waals surface area contributed by atoms with Crippen molar-refractivity contribution < 1.29 is 23.5 Å². The highest BCUT2D eigenvalue weighted by atomic mass is 16.6. The first-order valence-corrected chi connectivity index (χ1v) is 7.81. The third kappa shape index (κ3) is 4.17. The number of carbonyl (C=O) groups excluding carboxylic acids is 2. The molecule has 132 valence electrons. The van der Waals surface area contributed by atoms with Crippen molar-refractivity contribution in [1.82, 2.24) is 4.90 Å². The second-order valence-corrected chi connectivity index (χ2v) is 5.55. The Labute approximate surface area is 145 Å². The average Bonchev–Trinajstić information content (AvgIpc) is 2.98. The number of para-hydroxylation sites is 1. The number of furan rings is 1. The molecule has 7 heteroatoms. The third-order valence-electron chi connectivity index (χ3n) is 3.74. The van der Waals surface area contributed by atoms with Crippen molar-refractivity contribution in [1.29, 1.82) is 5.26 Å². The van der Waals surface area contributed by atoms with Crippen LogP contribution in [0.2, 0.25) is 0 Å². The van der Waals surface area contributed by atoms with E-state index in [1.165, 1.54) is 18.9 Å². The van der Waals surface area contributed by atoms with E-state index in [1.807, 2.05) is 18.2 Å². The first-order valence-electron chi connectivity index (χ1n) is 7.81. The fraction of sp³-hybridized carbons (Fsp3) is 0.389. The summed E-state index contributed by atoms with van der Waals surface area (Å²) < 4.78 is 16.0. The summed E-state index contributed by atoms with van der Waals surface area (Å²) >= 11 is 0. The molecule has 1 heterocycles. The molecule has 1 aromatic heterocycles. The lowest BCUT2D eigenvalue weighted by molar-refractivity contribution is -0.138. The summed E-state index contributed by atoms with van der Waals surface area (Å²) in [5.74, 6) is -1.08. The number of amides is 1. The van der Waals surface area contributed by atoms with E-state index in [0.29, 0.717) is 11.1 Å². The Morgan fingerprint density at radius 3 is 2.76 bits per heavy atom. The smallest absolute Gasteiger partial charge is 0.375 e. The zero-order chi connectivity index (χ0) is 18.4. The molecule has 0 unspecified atom stereocenters. The lowest BCUT2D eigenvalue weighted by Crippen LogP contribution is -2.38. The number of fused-ring (bicyclic) bond motifs is 1. The third-order valence-corrected chi connectivity index (χ3v) is 3.74. The molecule has 0 aliphatic heterocycles. The van der Waals surface area contributed by atoms with Gasteiger partial charge in [-0.25, -0.2) is 4.79 Å². The Morgan fingerprint density at radius 1 is 1.36 bits per heavy atom. The van der Waals surface area contributed by atoms with Crippen LogP contribution in [0.15, 0.2) is 28.7 Å². The topological polar surface area (TPSA) is 92.8 Å². The van der Waals surface area contributed by atoms with Gasteiger partial charge in [0.15, 0.2) is 6.10 Å². The number of rotatable bonds is 7. The summed E-state index contributed by atoms with van der Waals surface area (Å²) in [6, 6.07) is 9.17. The van der Waals surface area contributed by atoms with Gasteiger partial charge in [-0.1, -0.05) is 18.2 Å². The van der Waals surface area contributed by atoms with Crippen LogP contribution < -0.4 is 0 Å². The maximum absolute atomic E-state index is 12.5.